The standard InChI is InChI=1S/C16H14ClN3O2S/c1-11-18-10-16(19-11)12-4-2-6-14(8-12)20-23(21,22)15-7-3-5-13(17)9-15/h2-10,20H,1H3,(H,18,19). The molecule has 3 rings (SSSR count). The first kappa shape index (κ1) is 15.6. The summed E-state index contributed by atoms with van der Waals surface area (Å²) in [5, 5.41) is 0.370. The van der Waals surface area contributed by atoms with Crippen LogP contribution in [0.25, 0.3) is 11.3 Å². The number of H-pyrrole nitrogens is 1. The highest BCUT2D eigenvalue weighted by Crippen LogP contribution is 2.24. The fourth-order valence-corrected chi connectivity index (χ4v) is 3.52. The number of nitrogens with zero attached hydrogens (tertiary/aromatic N) is 1. The molecule has 0 bridgehead atoms. The lowest BCUT2D eigenvalue weighted by Crippen LogP contribution is -2.12. The number of imidazole rings is 1. The molecular weight excluding hydrogens is 334 g/mol. The Hall–Kier alpha value is -2.31. The normalized spacial score (nSPS) is 11.4. The highest BCUT2D eigenvalue weighted by atomic mass is 35.5. The zero-order valence-corrected chi connectivity index (χ0v) is 13.8. The highest BCUT2D eigenvalue weighted by molar-refractivity contribution is 7.92. The SMILES string of the molecule is Cc1ncc(-c2cccc(NS(=O)(=O)c3cccc(Cl)c3)c2)[nH]1. The van der Waals surface area contributed by atoms with E-state index in [-0.39, 0.29) is 4.90 Å². The van der Waals surface area contributed by atoms with Gasteiger partial charge in [0, 0.05) is 16.3 Å². The Labute approximate surface area is 139 Å². The topological polar surface area (TPSA) is 74.8 Å². The predicted molar refractivity (Wildman–Crippen MR) is 91.0 cm³/mol. The Bertz CT molecular complexity index is 951. The van der Waals surface area contributed by atoms with Crippen LogP contribution in [0, 0.1) is 6.92 Å². The summed E-state index contributed by atoms with van der Waals surface area (Å²) in [5.74, 6) is 0.796. The Balaban J connectivity index is 1.91. The van der Waals surface area contributed by atoms with Gasteiger partial charge in [0.1, 0.15) is 5.82 Å². The molecule has 0 amide bonds. The first-order valence-electron chi connectivity index (χ1n) is 6.84. The second-order valence-corrected chi connectivity index (χ2v) is 7.14. The van der Waals surface area contributed by atoms with Crippen molar-refractivity contribution >= 4 is 27.3 Å². The molecule has 0 aliphatic carbocycles. The summed E-state index contributed by atoms with van der Waals surface area (Å²) in [6.07, 6.45) is 1.71. The number of aromatic amines is 1. The largest absolute Gasteiger partial charge is 0.342 e. The monoisotopic (exact) mass is 347 g/mol. The molecule has 2 N–H and O–H groups in total. The van der Waals surface area contributed by atoms with Gasteiger partial charge in [-0.25, -0.2) is 13.4 Å². The van der Waals surface area contributed by atoms with E-state index in [0.29, 0.717) is 10.7 Å². The molecule has 1 aromatic heterocycles. The molecule has 1 heterocycles. The maximum atomic E-state index is 12.4. The molecule has 0 aliphatic rings. The van der Waals surface area contributed by atoms with Crippen LogP contribution in [-0.4, -0.2) is 18.4 Å². The summed E-state index contributed by atoms with van der Waals surface area (Å²) in [4.78, 5) is 7.38. The van der Waals surface area contributed by atoms with Crippen LogP contribution in [0.2, 0.25) is 5.02 Å². The van der Waals surface area contributed by atoms with Crippen molar-refractivity contribution in [3.8, 4) is 11.3 Å². The Morgan fingerprint density at radius 1 is 1.13 bits per heavy atom. The van der Waals surface area contributed by atoms with Crippen LogP contribution in [0.3, 0.4) is 0 Å². The van der Waals surface area contributed by atoms with Gasteiger partial charge in [-0.3, -0.25) is 4.72 Å². The number of halogens is 1. The number of rotatable bonds is 4. The third-order valence-electron chi connectivity index (χ3n) is 3.24. The van der Waals surface area contributed by atoms with Gasteiger partial charge in [0.25, 0.3) is 10.0 Å². The molecule has 0 saturated carbocycles. The van der Waals surface area contributed by atoms with E-state index in [1.165, 1.54) is 12.1 Å². The lowest BCUT2D eigenvalue weighted by atomic mass is 10.1. The van der Waals surface area contributed by atoms with Crippen LogP contribution in [0.5, 0.6) is 0 Å². The summed E-state index contributed by atoms with van der Waals surface area (Å²) in [6, 6.07) is 13.2. The molecule has 2 aromatic carbocycles. The van der Waals surface area contributed by atoms with Gasteiger partial charge in [0.2, 0.25) is 0 Å². The second-order valence-electron chi connectivity index (χ2n) is 5.03. The first-order valence-corrected chi connectivity index (χ1v) is 8.70. The van der Waals surface area contributed by atoms with Crippen molar-refractivity contribution in [1.29, 1.82) is 0 Å². The van der Waals surface area contributed by atoms with Gasteiger partial charge >= 0.3 is 0 Å². The summed E-state index contributed by atoms with van der Waals surface area (Å²) >= 11 is 5.86. The van der Waals surface area contributed by atoms with E-state index in [0.717, 1.165) is 17.1 Å². The molecule has 23 heavy (non-hydrogen) atoms. The number of sulfonamides is 1. The van der Waals surface area contributed by atoms with Gasteiger partial charge in [-0.05, 0) is 37.3 Å². The van der Waals surface area contributed by atoms with Gasteiger partial charge in [0.05, 0.1) is 16.8 Å². The molecule has 0 spiro atoms. The maximum Gasteiger partial charge on any atom is 0.261 e. The number of benzene rings is 2. The quantitative estimate of drug-likeness (QED) is 0.753. The van der Waals surface area contributed by atoms with E-state index in [1.54, 1.807) is 36.5 Å². The number of hydrogen-bond donors (Lipinski definition) is 2. The summed E-state index contributed by atoms with van der Waals surface area (Å²) in [5.41, 5.74) is 2.14. The van der Waals surface area contributed by atoms with E-state index in [2.05, 4.69) is 14.7 Å². The number of anilines is 1. The van der Waals surface area contributed by atoms with Crippen LogP contribution in [0.4, 0.5) is 5.69 Å². The van der Waals surface area contributed by atoms with Crippen molar-refractivity contribution in [3.63, 3.8) is 0 Å². The number of aromatic nitrogens is 2. The zero-order valence-electron chi connectivity index (χ0n) is 12.2. The fraction of sp³-hybridized carbons (Fsp3) is 0.0625. The highest BCUT2D eigenvalue weighted by Gasteiger charge is 2.15. The summed E-state index contributed by atoms with van der Waals surface area (Å²) in [6.45, 7) is 1.86. The molecule has 5 nitrogen and oxygen atoms in total. The number of hydrogen-bond acceptors (Lipinski definition) is 3. The molecule has 0 radical (unpaired) electrons. The minimum atomic E-state index is -3.69. The molecule has 0 atom stereocenters. The lowest BCUT2D eigenvalue weighted by Gasteiger charge is -2.09. The zero-order chi connectivity index (χ0) is 16.4. The smallest absolute Gasteiger partial charge is 0.261 e. The van der Waals surface area contributed by atoms with Crippen LogP contribution >= 0.6 is 11.6 Å². The molecule has 3 aromatic rings. The molecule has 0 aliphatic heterocycles. The minimum Gasteiger partial charge on any atom is -0.342 e. The first-order chi connectivity index (χ1) is 10.9. The molecule has 0 saturated heterocycles. The second kappa shape index (κ2) is 6.06. The van der Waals surface area contributed by atoms with E-state index in [4.69, 9.17) is 11.6 Å². The Morgan fingerprint density at radius 3 is 2.61 bits per heavy atom. The third kappa shape index (κ3) is 3.55. The van der Waals surface area contributed by atoms with E-state index in [1.807, 2.05) is 13.0 Å². The average molecular weight is 348 g/mol. The van der Waals surface area contributed by atoms with E-state index in [9.17, 15) is 8.42 Å². The molecule has 7 heteroatoms. The van der Waals surface area contributed by atoms with Gasteiger partial charge < -0.3 is 4.98 Å². The minimum absolute atomic E-state index is 0.118. The molecule has 0 fully saturated rings. The van der Waals surface area contributed by atoms with Gasteiger partial charge in [-0.1, -0.05) is 29.8 Å². The lowest BCUT2D eigenvalue weighted by molar-refractivity contribution is 0.601. The van der Waals surface area contributed by atoms with Crippen molar-refractivity contribution in [2.24, 2.45) is 0 Å². The van der Waals surface area contributed by atoms with Gasteiger partial charge in [0.15, 0.2) is 0 Å². The Kier molecular flexibility index (Phi) is 4.11. The van der Waals surface area contributed by atoms with Crippen molar-refractivity contribution in [1.82, 2.24) is 9.97 Å². The average Bonchev–Trinajstić information content (AvgIpc) is 2.94. The van der Waals surface area contributed by atoms with Crippen LogP contribution in [-0.2, 0) is 10.0 Å². The molecule has 0 unspecified atom stereocenters. The number of aryl methyl sites for hydroxylation is 1. The Morgan fingerprint density at radius 2 is 1.91 bits per heavy atom. The molecule has 118 valence electrons. The van der Waals surface area contributed by atoms with Crippen LogP contribution < -0.4 is 4.72 Å². The van der Waals surface area contributed by atoms with Gasteiger partial charge in [-0.15, -0.1) is 0 Å². The van der Waals surface area contributed by atoms with E-state index < -0.39 is 10.0 Å². The van der Waals surface area contributed by atoms with E-state index >= 15 is 0 Å². The van der Waals surface area contributed by atoms with Crippen molar-refractivity contribution < 1.29 is 8.42 Å². The van der Waals surface area contributed by atoms with Crippen LogP contribution in [0.15, 0.2) is 59.6 Å². The van der Waals surface area contributed by atoms with Crippen molar-refractivity contribution in [2.75, 3.05) is 4.72 Å². The number of nitrogens with one attached hydrogen (secondary N) is 2. The van der Waals surface area contributed by atoms with Crippen molar-refractivity contribution in [2.45, 2.75) is 11.8 Å². The molecular formula is C16H14ClN3O2S. The van der Waals surface area contributed by atoms with Gasteiger partial charge in [-0.2, -0.15) is 0 Å². The maximum absolute atomic E-state index is 12.4. The predicted octanol–water partition coefficient (Wildman–Crippen LogP) is 3.84. The summed E-state index contributed by atoms with van der Waals surface area (Å²) in [7, 11) is -3.69. The van der Waals surface area contributed by atoms with Crippen LogP contribution in [0.1, 0.15) is 5.82 Å². The summed E-state index contributed by atoms with van der Waals surface area (Å²) < 4.78 is 27.4. The fourth-order valence-electron chi connectivity index (χ4n) is 2.17. The third-order valence-corrected chi connectivity index (χ3v) is 4.85. The van der Waals surface area contributed by atoms with Crippen molar-refractivity contribution in [3.05, 3.63) is 65.6 Å².